The number of likely N-dealkylation sites (tertiary alicyclic amines) is 1. The Morgan fingerprint density at radius 2 is 2.13 bits per heavy atom. The van der Waals surface area contributed by atoms with E-state index >= 15 is 0 Å². The van der Waals surface area contributed by atoms with Crippen LogP contribution in [0.2, 0.25) is 0 Å². The van der Waals surface area contributed by atoms with E-state index in [2.05, 4.69) is 31.0 Å². The molecule has 15 heavy (non-hydrogen) atoms. The molecule has 0 aromatic carbocycles. The first-order chi connectivity index (χ1) is 7.24. The van der Waals surface area contributed by atoms with Crippen molar-refractivity contribution >= 4 is 0 Å². The third kappa shape index (κ3) is 4.98. The summed E-state index contributed by atoms with van der Waals surface area (Å²) in [7, 11) is 0. The van der Waals surface area contributed by atoms with Gasteiger partial charge in [0.1, 0.15) is 0 Å². The summed E-state index contributed by atoms with van der Waals surface area (Å²) >= 11 is 0. The lowest BCUT2D eigenvalue weighted by atomic mass is 10.00. The fraction of sp³-hybridized carbons (Fsp3) is 1.00. The SMILES string of the molecule is CCC1CCCCN1CCCNC(C)C. The third-order valence-electron chi connectivity index (χ3n) is 3.40. The highest BCUT2D eigenvalue weighted by molar-refractivity contribution is 4.75. The van der Waals surface area contributed by atoms with Gasteiger partial charge in [0.2, 0.25) is 0 Å². The molecule has 1 N–H and O–H groups in total. The van der Waals surface area contributed by atoms with Crippen LogP contribution in [0, 0.1) is 0 Å². The average Bonchev–Trinajstić information content (AvgIpc) is 2.24. The molecule has 1 heterocycles. The molecule has 2 nitrogen and oxygen atoms in total. The molecule has 0 radical (unpaired) electrons. The van der Waals surface area contributed by atoms with Crippen LogP contribution in [0.3, 0.4) is 0 Å². The Hall–Kier alpha value is -0.0800. The predicted molar refractivity (Wildman–Crippen MR) is 67.3 cm³/mol. The van der Waals surface area contributed by atoms with Gasteiger partial charge in [-0.15, -0.1) is 0 Å². The fourth-order valence-electron chi connectivity index (χ4n) is 2.49. The van der Waals surface area contributed by atoms with Crippen molar-refractivity contribution in [1.29, 1.82) is 0 Å². The summed E-state index contributed by atoms with van der Waals surface area (Å²) < 4.78 is 0. The van der Waals surface area contributed by atoms with Gasteiger partial charge in [-0.25, -0.2) is 0 Å². The summed E-state index contributed by atoms with van der Waals surface area (Å²) in [6.07, 6.45) is 6.91. The zero-order valence-electron chi connectivity index (χ0n) is 10.8. The van der Waals surface area contributed by atoms with Gasteiger partial charge in [-0.3, -0.25) is 0 Å². The molecule has 0 amide bonds. The van der Waals surface area contributed by atoms with Gasteiger partial charge in [-0.1, -0.05) is 27.2 Å². The summed E-state index contributed by atoms with van der Waals surface area (Å²) in [5.41, 5.74) is 0. The highest BCUT2D eigenvalue weighted by atomic mass is 15.2. The van der Waals surface area contributed by atoms with E-state index in [1.54, 1.807) is 0 Å². The van der Waals surface area contributed by atoms with Crippen molar-refractivity contribution in [3.05, 3.63) is 0 Å². The molecule has 90 valence electrons. The lowest BCUT2D eigenvalue weighted by Gasteiger charge is -2.35. The van der Waals surface area contributed by atoms with E-state index in [9.17, 15) is 0 Å². The zero-order chi connectivity index (χ0) is 11.1. The molecule has 0 saturated carbocycles. The number of rotatable bonds is 6. The molecule has 1 unspecified atom stereocenters. The van der Waals surface area contributed by atoms with E-state index in [0.29, 0.717) is 6.04 Å². The second-order valence-corrected chi connectivity index (χ2v) is 5.06. The lowest BCUT2D eigenvalue weighted by molar-refractivity contribution is 0.142. The van der Waals surface area contributed by atoms with E-state index < -0.39 is 0 Å². The van der Waals surface area contributed by atoms with Crippen molar-refractivity contribution in [3.63, 3.8) is 0 Å². The predicted octanol–water partition coefficient (Wildman–Crippen LogP) is 2.64. The minimum atomic E-state index is 0.633. The van der Waals surface area contributed by atoms with Crippen LogP contribution < -0.4 is 5.32 Å². The molecule has 0 aromatic heterocycles. The topological polar surface area (TPSA) is 15.3 Å². The highest BCUT2D eigenvalue weighted by Gasteiger charge is 2.19. The summed E-state index contributed by atoms with van der Waals surface area (Å²) in [6.45, 7) is 10.6. The zero-order valence-corrected chi connectivity index (χ0v) is 10.8. The smallest absolute Gasteiger partial charge is 0.00926 e. The van der Waals surface area contributed by atoms with Gasteiger partial charge in [0.25, 0.3) is 0 Å². The molecule has 0 aromatic rings. The minimum absolute atomic E-state index is 0.633. The van der Waals surface area contributed by atoms with Crippen molar-refractivity contribution in [3.8, 4) is 0 Å². The molecule has 1 atom stereocenters. The van der Waals surface area contributed by atoms with Crippen LogP contribution in [0.1, 0.15) is 52.9 Å². The Labute approximate surface area is 95.4 Å². The fourth-order valence-corrected chi connectivity index (χ4v) is 2.49. The van der Waals surface area contributed by atoms with Crippen molar-refractivity contribution in [1.82, 2.24) is 10.2 Å². The van der Waals surface area contributed by atoms with Gasteiger partial charge in [0, 0.05) is 12.1 Å². The van der Waals surface area contributed by atoms with Crippen LogP contribution in [-0.4, -0.2) is 36.6 Å². The summed E-state index contributed by atoms with van der Waals surface area (Å²) in [5, 5.41) is 3.49. The summed E-state index contributed by atoms with van der Waals surface area (Å²) in [6, 6.07) is 1.51. The monoisotopic (exact) mass is 212 g/mol. The lowest BCUT2D eigenvalue weighted by Crippen LogP contribution is -2.40. The number of nitrogens with one attached hydrogen (secondary N) is 1. The Kier molecular flexibility index (Phi) is 6.26. The van der Waals surface area contributed by atoms with Crippen molar-refractivity contribution in [2.45, 2.75) is 65.0 Å². The molecule has 0 spiro atoms. The van der Waals surface area contributed by atoms with Crippen LogP contribution in [0.5, 0.6) is 0 Å². The number of hydrogen-bond donors (Lipinski definition) is 1. The number of piperidine rings is 1. The Bertz CT molecular complexity index is 157. The molecule has 1 rings (SSSR count). The minimum Gasteiger partial charge on any atom is -0.314 e. The van der Waals surface area contributed by atoms with E-state index in [-0.39, 0.29) is 0 Å². The highest BCUT2D eigenvalue weighted by Crippen LogP contribution is 2.19. The molecule has 1 saturated heterocycles. The second-order valence-electron chi connectivity index (χ2n) is 5.06. The number of nitrogens with zero attached hydrogens (tertiary/aromatic N) is 1. The molecule has 1 aliphatic heterocycles. The maximum atomic E-state index is 3.49. The molecule has 1 aliphatic rings. The van der Waals surface area contributed by atoms with Gasteiger partial charge in [0.05, 0.1) is 0 Å². The molecule has 0 bridgehead atoms. The Morgan fingerprint density at radius 3 is 2.80 bits per heavy atom. The number of hydrogen-bond acceptors (Lipinski definition) is 2. The quantitative estimate of drug-likeness (QED) is 0.681. The van der Waals surface area contributed by atoms with Gasteiger partial charge in [-0.05, 0) is 45.3 Å². The summed E-state index contributed by atoms with van der Waals surface area (Å²) in [5.74, 6) is 0. The molecular formula is C13H28N2. The van der Waals surface area contributed by atoms with Gasteiger partial charge in [0.15, 0.2) is 0 Å². The second kappa shape index (κ2) is 7.24. The van der Waals surface area contributed by atoms with Gasteiger partial charge >= 0.3 is 0 Å². The van der Waals surface area contributed by atoms with E-state index in [1.807, 2.05) is 0 Å². The molecule has 1 fully saturated rings. The first-order valence-corrected chi connectivity index (χ1v) is 6.71. The van der Waals surface area contributed by atoms with Gasteiger partial charge in [-0.2, -0.15) is 0 Å². The van der Waals surface area contributed by atoms with Crippen molar-refractivity contribution in [2.24, 2.45) is 0 Å². The molecule has 2 heteroatoms. The van der Waals surface area contributed by atoms with Crippen LogP contribution in [0.4, 0.5) is 0 Å². The average molecular weight is 212 g/mol. The normalized spacial score (nSPS) is 23.6. The Balaban J connectivity index is 2.12. The first-order valence-electron chi connectivity index (χ1n) is 6.71. The van der Waals surface area contributed by atoms with Crippen molar-refractivity contribution in [2.75, 3.05) is 19.6 Å². The summed E-state index contributed by atoms with van der Waals surface area (Å²) in [4.78, 5) is 2.70. The van der Waals surface area contributed by atoms with Crippen LogP contribution in [-0.2, 0) is 0 Å². The maximum absolute atomic E-state index is 3.49. The Morgan fingerprint density at radius 1 is 1.33 bits per heavy atom. The van der Waals surface area contributed by atoms with E-state index in [0.717, 1.165) is 6.04 Å². The molecule has 0 aliphatic carbocycles. The van der Waals surface area contributed by atoms with Crippen molar-refractivity contribution < 1.29 is 0 Å². The third-order valence-corrected chi connectivity index (χ3v) is 3.40. The van der Waals surface area contributed by atoms with Crippen LogP contribution in [0.15, 0.2) is 0 Å². The van der Waals surface area contributed by atoms with Crippen LogP contribution >= 0.6 is 0 Å². The van der Waals surface area contributed by atoms with Crippen LogP contribution in [0.25, 0.3) is 0 Å². The molecular weight excluding hydrogens is 184 g/mol. The van der Waals surface area contributed by atoms with E-state index in [4.69, 9.17) is 0 Å². The maximum Gasteiger partial charge on any atom is 0.00926 e. The van der Waals surface area contributed by atoms with E-state index in [1.165, 1.54) is 51.7 Å². The first kappa shape index (κ1) is 13.0. The largest absolute Gasteiger partial charge is 0.314 e. The standard InChI is InChI=1S/C13H28N2/c1-4-13-8-5-6-10-15(13)11-7-9-14-12(2)3/h12-14H,4-11H2,1-3H3. The van der Waals surface area contributed by atoms with Gasteiger partial charge < -0.3 is 10.2 Å².